The van der Waals surface area contributed by atoms with E-state index in [-0.39, 0.29) is 6.42 Å². The molecule has 0 fully saturated rings. The fraction of sp³-hybridized carbons (Fsp3) is 0.222. The molecule has 0 atom stereocenters. The molecule has 0 bridgehead atoms. The lowest BCUT2D eigenvalue weighted by Gasteiger charge is -2.03. The van der Waals surface area contributed by atoms with Crippen molar-refractivity contribution in [3.05, 3.63) is 30.1 Å². The number of nitrogens with zero attached hydrogens (tertiary/aromatic N) is 1. The minimum Gasteiger partial charge on any atom is -0.341 e. The summed E-state index contributed by atoms with van der Waals surface area (Å²) in [7, 11) is 0. The van der Waals surface area contributed by atoms with Crippen LogP contribution in [0.25, 0.3) is 0 Å². The highest BCUT2D eigenvalue weighted by Crippen LogP contribution is 1.94. The maximum absolute atomic E-state index is 11.2. The molecule has 1 aromatic heterocycles. The molecule has 0 saturated carbocycles. The van der Waals surface area contributed by atoms with Crippen LogP contribution in [0.2, 0.25) is 0 Å². The number of amides is 1. The first-order valence-corrected chi connectivity index (χ1v) is 4.14. The molecule has 0 spiro atoms. The SMILES string of the molecule is CCC(=O)ONC(=O)c1cccnc1. The van der Waals surface area contributed by atoms with Crippen molar-refractivity contribution in [2.75, 3.05) is 0 Å². The van der Waals surface area contributed by atoms with E-state index in [0.29, 0.717) is 5.56 Å². The molecule has 1 rings (SSSR count). The van der Waals surface area contributed by atoms with Gasteiger partial charge in [0.1, 0.15) is 0 Å². The van der Waals surface area contributed by atoms with Crippen LogP contribution in [0.3, 0.4) is 0 Å². The summed E-state index contributed by atoms with van der Waals surface area (Å²) in [5, 5.41) is 0. The quantitative estimate of drug-likeness (QED) is 0.703. The maximum atomic E-state index is 11.2. The second-order valence-electron chi connectivity index (χ2n) is 2.50. The zero-order valence-corrected chi connectivity index (χ0v) is 7.69. The second-order valence-corrected chi connectivity index (χ2v) is 2.50. The number of hydrogen-bond donors (Lipinski definition) is 1. The number of hydroxylamine groups is 1. The summed E-state index contributed by atoms with van der Waals surface area (Å²) in [6, 6.07) is 3.19. The molecule has 0 aromatic carbocycles. The lowest BCUT2D eigenvalue weighted by Crippen LogP contribution is -2.26. The first-order valence-electron chi connectivity index (χ1n) is 4.14. The van der Waals surface area contributed by atoms with Crippen molar-refractivity contribution in [3.8, 4) is 0 Å². The van der Waals surface area contributed by atoms with Crippen molar-refractivity contribution in [2.24, 2.45) is 0 Å². The Morgan fingerprint density at radius 2 is 2.36 bits per heavy atom. The Hall–Kier alpha value is -1.91. The first-order chi connectivity index (χ1) is 6.74. The Labute approximate surface area is 81.1 Å². The van der Waals surface area contributed by atoms with Gasteiger partial charge in [0.2, 0.25) is 0 Å². The van der Waals surface area contributed by atoms with Crippen molar-refractivity contribution < 1.29 is 14.4 Å². The Kier molecular flexibility index (Phi) is 3.60. The van der Waals surface area contributed by atoms with Crippen molar-refractivity contribution in [1.29, 1.82) is 0 Å². The molecule has 74 valence electrons. The molecule has 1 heterocycles. The molecule has 0 radical (unpaired) electrons. The Morgan fingerprint density at radius 1 is 1.57 bits per heavy atom. The molecule has 14 heavy (non-hydrogen) atoms. The van der Waals surface area contributed by atoms with Crippen LogP contribution >= 0.6 is 0 Å². The highest BCUT2D eigenvalue weighted by Gasteiger charge is 2.06. The molecule has 0 saturated heterocycles. The highest BCUT2D eigenvalue weighted by molar-refractivity contribution is 5.93. The molecule has 5 nitrogen and oxygen atoms in total. The summed E-state index contributed by atoms with van der Waals surface area (Å²) >= 11 is 0. The summed E-state index contributed by atoms with van der Waals surface area (Å²) in [6.07, 6.45) is 3.15. The lowest BCUT2D eigenvalue weighted by molar-refractivity contribution is -0.148. The Morgan fingerprint density at radius 3 is 2.93 bits per heavy atom. The van der Waals surface area contributed by atoms with Crippen LogP contribution in [0.5, 0.6) is 0 Å². The van der Waals surface area contributed by atoms with Gasteiger partial charge in [-0.2, -0.15) is 5.48 Å². The summed E-state index contributed by atoms with van der Waals surface area (Å²) in [5.41, 5.74) is 2.37. The van der Waals surface area contributed by atoms with Gasteiger partial charge in [0.15, 0.2) is 0 Å². The molecule has 0 aliphatic carbocycles. The Balaban J connectivity index is 2.48. The molecular weight excluding hydrogens is 184 g/mol. The highest BCUT2D eigenvalue weighted by atomic mass is 16.7. The molecule has 5 heteroatoms. The van der Waals surface area contributed by atoms with Crippen molar-refractivity contribution in [2.45, 2.75) is 13.3 Å². The molecule has 0 aliphatic rings. The van der Waals surface area contributed by atoms with Crippen LogP contribution in [0, 0.1) is 0 Å². The van der Waals surface area contributed by atoms with Crippen LogP contribution in [-0.4, -0.2) is 16.9 Å². The van der Waals surface area contributed by atoms with E-state index in [0.717, 1.165) is 0 Å². The van der Waals surface area contributed by atoms with Gasteiger partial charge in [-0.05, 0) is 12.1 Å². The van der Waals surface area contributed by atoms with Crippen molar-refractivity contribution >= 4 is 11.9 Å². The first kappa shape index (κ1) is 10.2. The van der Waals surface area contributed by atoms with E-state index < -0.39 is 11.9 Å². The molecule has 0 unspecified atom stereocenters. The topological polar surface area (TPSA) is 68.3 Å². The third-order valence-electron chi connectivity index (χ3n) is 1.47. The average molecular weight is 194 g/mol. The number of nitrogens with one attached hydrogen (secondary N) is 1. The fourth-order valence-corrected chi connectivity index (χ4v) is 0.731. The third kappa shape index (κ3) is 2.85. The van der Waals surface area contributed by atoms with E-state index in [2.05, 4.69) is 9.82 Å². The lowest BCUT2D eigenvalue weighted by atomic mass is 10.3. The predicted octanol–water partition coefficient (Wildman–Crippen LogP) is 0.680. The number of carbonyl (C=O) groups excluding carboxylic acids is 2. The van der Waals surface area contributed by atoms with Gasteiger partial charge in [-0.15, -0.1) is 0 Å². The zero-order chi connectivity index (χ0) is 10.4. The number of aromatic nitrogens is 1. The van der Waals surface area contributed by atoms with E-state index in [4.69, 9.17) is 0 Å². The van der Waals surface area contributed by atoms with E-state index in [9.17, 15) is 9.59 Å². The van der Waals surface area contributed by atoms with Crippen LogP contribution in [0.1, 0.15) is 23.7 Å². The van der Waals surface area contributed by atoms with Gasteiger partial charge >= 0.3 is 5.97 Å². The summed E-state index contributed by atoms with van der Waals surface area (Å²) in [6.45, 7) is 1.64. The normalized spacial score (nSPS) is 9.21. The van der Waals surface area contributed by atoms with Crippen LogP contribution in [0.15, 0.2) is 24.5 Å². The van der Waals surface area contributed by atoms with Crippen LogP contribution < -0.4 is 5.48 Å². The van der Waals surface area contributed by atoms with E-state index >= 15 is 0 Å². The Bertz CT molecular complexity index is 324. The minimum atomic E-state index is -0.486. The van der Waals surface area contributed by atoms with Gasteiger partial charge < -0.3 is 4.84 Å². The zero-order valence-electron chi connectivity index (χ0n) is 7.69. The van der Waals surface area contributed by atoms with Gasteiger partial charge in [0, 0.05) is 18.8 Å². The van der Waals surface area contributed by atoms with Gasteiger partial charge in [-0.25, -0.2) is 4.79 Å². The summed E-state index contributed by atoms with van der Waals surface area (Å²) < 4.78 is 0. The van der Waals surface area contributed by atoms with Gasteiger partial charge in [0.05, 0.1) is 5.56 Å². The second kappa shape index (κ2) is 4.96. The predicted molar refractivity (Wildman–Crippen MR) is 48.1 cm³/mol. The molecule has 1 N–H and O–H groups in total. The largest absolute Gasteiger partial charge is 0.341 e. The van der Waals surface area contributed by atoms with Crippen LogP contribution in [-0.2, 0) is 9.63 Å². The minimum absolute atomic E-state index is 0.216. The fourth-order valence-electron chi connectivity index (χ4n) is 0.731. The molecule has 1 aromatic rings. The van der Waals surface area contributed by atoms with Gasteiger partial charge in [-0.3, -0.25) is 9.78 Å². The summed E-state index contributed by atoms with van der Waals surface area (Å²) in [4.78, 5) is 30.1. The van der Waals surface area contributed by atoms with Crippen LogP contribution in [0.4, 0.5) is 0 Å². The number of carbonyl (C=O) groups is 2. The monoisotopic (exact) mass is 194 g/mol. The summed E-state index contributed by atoms with van der Waals surface area (Å²) in [5.74, 6) is -0.970. The standard InChI is InChI=1S/C9H10N2O3/c1-2-8(12)14-11-9(13)7-4-3-5-10-6-7/h3-6H,2H2,1H3,(H,11,13). The van der Waals surface area contributed by atoms with Crippen molar-refractivity contribution in [3.63, 3.8) is 0 Å². The van der Waals surface area contributed by atoms with E-state index in [1.54, 1.807) is 25.3 Å². The molecule has 1 amide bonds. The number of rotatable bonds is 2. The molecule has 0 aliphatic heterocycles. The average Bonchev–Trinajstić information content (AvgIpc) is 2.26. The van der Waals surface area contributed by atoms with E-state index in [1.165, 1.54) is 6.20 Å². The van der Waals surface area contributed by atoms with E-state index in [1.807, 2.05) is 5.48 Å². The smallest absolute Gasteiger partial charge is 0.331 e. The van der Waals surface area contributed by atoms with Gasteiger partial charge in [-0.1, -0.05) is 6.92 Å². The van der Waals surface area contributed by atoms with Crippen molar-refractivity contribution in [1.82, 2.24) is 10.5 Å². The maximum Gasteiger partial charge on any atom is 0.331 e. The third-order valence-corrected chi connectivity index (χ3v) is 1.47. The van der Waals surface area contributed by atoms with Gasteiger partial charge in [0.25, 0.3) is 5.91 Å². The molecular formula is C9H10N2O3. The number of hydrogen-bond acceptors (Lipinski definition) is 4. The number of pyridine rings is 1.